The SMILES string of the molecule is CCCNC(=O)NCCC(C)(C)CC(C)CNC(=O)OC(C)COC(=O)NCCC(C)(C)CC(C)CNC(=O)Nc1nc(C)cc(=O)[nH]1. The molecule has 3 unspecified atom stereocenters. The third kappa shape index (κ3) is 20.3. The van der Waals surface area contributed by atoms with Crippen LogP contribution in [0.2, 0.25) is 0 Å². The first-order valence-electron chi connectivity index (χ1n) is 16.9. The summed E-state index contributed by atoms with van der Waals surface area (Å²) in [6.45, 7) is 20.2. The van der Waals surface area contributed by atoms with Crippen molar-refractivity contribution in [3.8, 4) is 0 Å². The van der Waals surface area contributed by atoms with Gasteiger partial charge in [0.25, 0.3) is 5.56 Å². The molecule has 48 heavy (non-hydrogen) atoms. The van der Waals surface area contributed by atoms with Gasteiger partial charge in [0.2, 0.25) is 5.95 Å². The van der Waals surface area contributed by atoms with E-state index in [1.807, 2.05) is 20.8 Å². The van der Waals surface area contributed by atoms with Crippen molar-refractivity contribution < 1.29 is 28.7 Å². The number of hydrogen-bond acceptors (Lipinski definition) is 8. The summed E-state index contributed by atoms with van der Waals surface area (Å²) in [6, 6.07) is 0.724. The van der Waals surface area contributed by atoms with Crippen LogP contribution in [0.5, 0.6) is 0 Å². The summed E-state index contributed by atoms with van der Waals surface area (Å²) in [7, 11) is 0. The fraction of sp³-hybridized carbons (Fsp3) is 0.758. The number of H-pyrrole nitrogens is 1. The molecule has 0 saturated carbocycles. The van der Waals surface area contributed by atoms with E-state index in [-0.39, 0.29) is 46.8 Å². The van der Waals surface area contributed by atoms with E-state index in [0.29, 0.717) is 44.8 Å². The first kappa shape index (κ1) is 42.0. The van der Waals surface area contributed by atoms with Crippen molar-refractivity contribution in [2.75, 3.05) is 44.6 Å². The average Bonchev–Trinajstić information content (AvgIpc) is 2.95. The van der Waals surface area contributed by atoms with Crippen LogP contribution in [-0.2, 0) is 9.47 Å². The largest absolute Gasteiger partial charge is 0.446 e. The maximum atomic E-state index is 12.3. The number of aryl methyl sites for hydroxylation is 1. The van der Waals surface area contributed by atoms with Crippen molar-refractivity contribution >= 4 is 30.2 Å². The van der Waals surface area contributed by atoms with Gasteiger partial charge in [-0.3, -0.25) is 15.1 Å². The molecule has 0 fully saturated rings. The predicted molar refractivity (Wildman–Crippen MR) is 186 cm³/mol. The van der Waals surface area contributed by atoms with Crippen LogP contribution in [-0.4, -0.2) is 79.7 Å². The molecule has 15 heteroatoms. The Labute approximate surface area is 285 Å². The molecule has 3 atom stereocenters. The van der Waals surface area contributed by atoms with E-state index in [2.05, 4.69) is 69.6 Å². The molecule has 0 saturated heterocycles. The Morgan fingerprint density at radius 3 is 1.96 bits per heavy atom. The van der Waals surface area contributed by atoms with Gasteiger partial charge in [0, 0.05) is 44.5 Å². The van der Waals surface area contributed by atoms with Crippen molar-refractivity contribution in [2.24, 2.45) is 22.7 Å². The Kier molecular flexibility index (Phi) is 18.4. The second-order valence-electron chi connectivity index (χ2n) is 14.3. The van der Waals surface area contributed by atoms with Crippen molar-refractivity contribution in [2.45, 2.75) is 101 Å². The molecule has 0 aliphatic rings. The van der Waals surface area contributed by atoms with E-state index in [9.17, 15) is 24.0 Å². The number of urea groups is 2. The Bertz CT molecular complexity index is 1220. The number of carbonyl (C=O) groups is 4. The minimum atomic E-state index is -0.628. The second-order valence-corrected chi connectivity index (χ2v) is 14.3. The molecular formula is C33H60N8O7. The highest BCUT2D eigenvalue weighted by Crippen LogP contribution is 2.29. The van der Waals surface area contributed by atoms with Crippen molar-refractivity contribution in [1.29, 1.82) is 0 Å². The van der Waals surface area contributed by atoms with Crippen molar-refractivity contribution in [1.82, 2.24) is 36.6 Å². The maximum Gasteiger partial charge on any atom is 0.407 e. The topological polar surface area (TPSA) is 205 Å². The Hall–Kier alpha value is -4.04. The number of ether oxygens (including phenoxy) is 2. The highest BCUT2D eigenvalue weighted by Gasteiger charge is 2.23. The maximum absolute atomic E-state index is 12.3. The molecule has 7 N–H and O–H groups in total. The van der Waals surface area contributed by atoms with Gasteiger partial charge in [0.15, 0.2) is 0 Å². The van der Waals surface area contributed by atoms with E-state index in [4.69, 9.17) is 9.47 Å². The van der Waals surface area contributed by atoms with Crippen LogP contribution in [0.4, 0.5) is 25.1 Å². The first-order chi connectivity index (χ1) is 22.4. The van der Waals surface area contributed by atoms with Crippen LogP contribution in [0.1, 0.15) is 93.2 Å². The fourth-order valence-electron chi connectivity index (χ4n) is 5.37. The van der Waals surface area contributed by atoms with Crippen LogP contribution in [0.25, 0.3) is 0 Å². The van der Waals surface area contributed by atoms with Gasteiger partial charge in [-0.25, -0.2) is 24.2 Å². The zero-order valence-electron chi connectivity index (χ0n) is 30.4. The van der Waals surface area contributed by atoms with Crippen LogP contribution in [0.3, 0.4) is 0 Å². The third-order valence-corrected chi connectivity index (χ3v) is 7.56. The van der Waals surface area contributed by atoms with Gasteiger partial charge in [0.1, 0.15) is 12.7 Å². The Balaban J connectivity index is 2.24. The van der Waals surface area contributed by atoms with Gasteiger partial charge in [-0.1, -0.05) is 48.5 Å². The molecule has 0 aliphatic carbocycles. The second kappa shape index (κ2) is 21.0. The number of amides is 6. The zero-order valence-corrected chi connectivity index (χ0v) is 30.4. The van der Waals surface area contributed by atoms with E-state index in [1.165, 1.54) is 6.07 Å². The summed E-state index contributed by atoms with van der Waals surface area (Å²) >= 11 is 0. The van der Waals surface area contributed by atoms with Crippen LogP contribution >= 0.6 is 0 Å². The molecule has 1 aromatic heterocycles. The number of aromatic nitrogens is 2. The number of rotatable bonds is 20. The van der Waals surface area contributed by atoms with Gasteiger partial charge >= 0.3 is 24.2 Å². The van der Waals surface area contributed by atoms with Gasteiger partial charge in [0.05, 0.1) is 0 Å². The van der Waals surface area contributed by atoms with E-state index >= 15 is 0 Å². The molecule has 6 amide bonds. The lowest BCUT2D eigenvalue weighted by Gasteiger charge is -2.28. The summed E-state index contributed by atoms with van der Waals surface area (Å²) in [5.74, 6) is 0.425. The van der Waals surface area contributed by atoms with Gasteiger partial charge in [-0.2, -0.15) is 0 Å². The molecule has 0 aromatic carbocycles. The lowest BCUT2D eigenvalue weighted by molar-refractivity contribution is 0.0521. The molecule has 1 heterocycles. The zero-order chi connectivity index (χ0) is 36.3. The molecular weight excluding hydrogens is 620 g/mol. The minimum absolute atomic E-state index is 0.0230. The molecule has 1 aromatic rings. The number of anilines is 1. The summed E-state index contributed by atoms with van der Waals surface area (Å²) in [4.78, 5) is 66.5. The molecule has 15 nitrogen and oxygen atoms in total. The fourth-order valence-corrected chi connectivity index (χ4v) is 5.37. The first-order valence-corrected chi connectivity index (χ1v) is 16.9. The van der Waals surface area contributed by atoms with Crippen LogP contribution < -0.4 is 37.5 Å². The summed E-state index contributed by atoms with van der Waals surface area (Å²) in [6.07, 6.45) is 2.22. The van der Waals surface area contributed by atoms with Crippen molar-refractivity contribution in [3.05, 3.63) is 22.1 Å². The third-order valence-electron chi connectivity index (χ3n) is 7.56. The standard InChI is InChI=1S/C33H60N8O7/c1-10-13-34-28(43)35-14-11-32(6,7)18-23(3)20-38-31(46)48-25(5)21-47-30(45)36-15-12-33(8,9)17-22(2)19-37-29(44)41-27-39-24(4)16-26(42)40-27/h16,22-23,25H,10-15,17-21H2,1-9H3,(H,36,45)(H,38,46)(H2,34,35,43)(H3,37,39,40,41,42,44). The van der Waals surface area contributed by atoms with Gasteiger partial charge in [-0.15, -0.1) is 0 Å². The number of nitrogens with one attached hydrogen (secondary N) is 7. The predicted octanol–water partition coefficient (Wildman–Crippen LogP) is 4.63. The number of hydrogen-bond donors (Lipinski definition) is 7. The van der Waals surface area contributed by atoms with Crippen LogP contribution in [0.15, 0.2) is 10.9 Å². The van der Waals surface area contributed by atoms with Gasteiger partial charge in [-0.05, 0) is 68.6 Å². The smallest absolute Gasteiger partial charge is 0.407 e. The number of alkyl carbamates (subject to hydrolysis) is 2. The summed E-state index contributed by atoms with van der Waals surface area (Å²) in [5, 5.41) is 16.5. The Morgan fingerprint density at radius 1 is 0.812 bits per heavy atom. The Morgan fingerprint density at radius 2 is 1.38 bits per heavy atom. The summed E-state index contributed by atoms with van der Waals surface area (Å²) in [5.41, 5.74) is 0.00698. The quantitative estimate of drug-likeness (QED) is 0.103. The lowest BCUT2D eigenvalue weighted by Crippen LogP contribution is -2.38. The number of carbonyl (C=O) groups excluding carboxylic acids is 4. The molecule has 0 radical (unpaired) electrons. The molecule has 0 spiro atoms. The van der Waals surface area contributed by atoms with Gasteiger partial charge < -0.3 is 36.1 Å². The number of nitrogens with zero attached hydrogens (tertiary/aromatic N) is 1. The number of aromatic amines is 1. The minimum Gasteiger partial charge on any atom is -0.446 e. The average molecular weight is 681 g/mol. The van der Waals surface area contributed by atoms with E-state index in [1.54, 1.807) is 13.8 Å². The monoisotopic (exact) mass is 680 g/mol. The highest BCUT2D eigenvalue weighted by molar-refractivity contribution is 5.87. The summed E-state index contributed by atoms with van der Waals surface area (Å²) < 4.78 is 10.6. The van der Waals surface area contributed by atoms with Crippen molar-refractivity contribution in [3.63, 3.8) is 0 Å². The van der Waals surface area contributed by atoms with E-state index in [0.717, 1.165) is 25.7 Å². The molecule has 0 bridgehead atoms. The lowest BCUT2D eigenvalue weighted by atomic mass is 9.80. The van der Waals surface area contributed by atoms with Crippen LogP contribution in [0, 0.1) is 29.6 Å². The van der Waals surface area contributed by atoms with E-state index < -0.39 is 24.3 Å². The highest BCUT2D eigenvalue weighted by atomic mass is 16.6. The molecule has 0 aliphatic heterocycles. The molecule has 1 rings (SSSR count). The normalized spacial score (nSPS) is 13.4. The molecule has 274 valence electrons.